The zero-order valence-electron chi connectivity index (χ0n) is 14.0. The normalized spacial score (nSPS) is 10.8. The molecule has 0 aliphatic heterocycles. The molecule has 2 aromatic heterocycles. The number of nitrogens with zero attached hydrogens (tertiary/aromatic N) is 1. The Balaban J connectivity index is 1.40. The number of imide groups is 1. The van der Waals surface area contributed by atoms with E-state index in [0.717, 1.165) is 10.2 Å². The highest BCUT2D eigenvalue weighted by Crippen LogP contribution is 2.22. The van der Waals surface area contributed by atoms with E-state index in [0.29, 0.717) is 10.8 Å². The molecule has 0 radical (unpaired) electrons. The first-order chi connectivity index (χ1) is 13.1. The Labute approximate surface area is 157 Å². The third-order valence-corrected chi connectivity index (χ3v) is 4.28. The first-order valence-corrected chi connectivity index (χ1v) is 8.72. The molecule has 0 bridgehead atoms. The van der Waals surface area contributed by atoms with Gasteiger partial charge in [0, 0.05) is 6.08 Å². The summed E-state index contributed by atoms with van der Waals surface area (Å²) in [5, 5.41) is 5.13. The lowest BCUT2D eigenvalue weighted by Gasteiger charge is -2.05. The minimum atomic E-state index is -0.742. The molecule has 9 heteroatoms. The van der Waals surface area contributed by atoms with E-state index in [4.69, 9.17) is 9.15 Å². The van der Waals surface area contributed by atoms with Crippen molar-refractivity contribution in [3.63, 3.8) is 0 Å². The standard InChI is InChI=1S/C18H15N3O5S/c22-15(21-18(24)19-10-12-4-3-9-25-12)11-26-17(23)8-7-16-20-13-5-1-2-6-14(13)27-16/h1-9H,10-11H2,(H2,19,21,22,24)/b8-7+. The van der Waals surface area contributed by atoms with Gasteiger partial charge in [-0.15, -0.1) is 11.3 Å². The second-order valence-electron chi connectivity index (χ2n) is 5.27. The fourth-order valence-corrected chi connectivity index (χ4v) is 2.94. The summed E-state index contributed by atoms with van der Waals surface area (Å²) >= 11 is 1.43. The number of hydrogen-bond acceptors (Lipinski definition) is 7. The van der Waals surface area contributed by atoms with Crippen LogP contribution >= 0.6 is 11.3 Å². The molecular formula is C18H15N3O5S. The quantitative estimate of drug-likeness (QED) is 0.498. The molecule has 2 N–H and O–H groups in total. The maximum Gasteiger partial charge on any atom is 0.331 e. The van der Waals surface area contributed by atoms with Crippen molar-refractivity contribution in [1.82, 2.24) is 15.6 Å². The van der Waals surface area contributed by atoms with Gasteiger partial charge in [-0.3, -0.25) is 10.1 Å². The number of hydrogen-bond donors (Lipinski definition) is 2. The Morgan fingerprint density at radius 2 is 2.04 bits per heavy atom. The number of esters is 1. The molecule has 138 valence electrons. The van der Waals surface area contributed by atoms with Gasteiger partial charge in [-0.1, -0.05) is 12.1 Å². The van der Waals surface area contributed by atoms with Gasteiger partial charge in [-0.25, -0.2) is 14.6 Å². The molecule has 0 saturated heterocycles. The Kier molecular flexibility index (Phi) is 5.95. The van der Waals surface area contributed by atoms with Crippen LogP contribution in [-0.2, 0) is 20.9 Å². The Bertz CT molecular complexity index is 945. The van der Waals surface area contributed by atoms with E-state index in [1.807, 2.05) is 29.6 Å². The van der Waals surface area contributed by atoms with Gasteiger partial charge in [0.1, 0.15) is 10.8 Å². The molecule has 0 unspecified atom stereocenters. The number of aromatic nitrogens is 1. The first-order valence-electron chi connectivity index (χ1n) is 7.90. The van der Waals surface area contributed by atoms with Crippen LogP contribution in [0.1, 0.15) is 10.8 Å². The zero-order valence-corrected chi connectivity index (χ0v) is 14.8. The van der Waals surface area contributed by atoms with Crippen molar-refractivity contribution in [3.8, 4) is 0 Å². The van der Waals surface area contributed by atoms with Crippen molar-refractivity contribution in [1.29, 1.82) is 0 Å². The van der Waals surface area contributed by atoms with Crippen LogP contribution in [0.5, 0.6) is 0 Å². The van der Waals surface area contributed by atoms with E-state index in [1.165, 1.54) is 29.8 Å². The number of fused-ring (bicyclic) bond motifs is 1. The summed E-state index contributed by atoms with van der Waals surface area (Å²) in [4.78, 5) is 39.2. The van der Waals surface area contributed by atoms with Gasteiger partial charge in [0.25, 0.3) is 5.91 Å². The average Bonchev–Trinajstić information content (AvgIpc) is 3.32. The fraction of sp³-hybridized carbons (Fsp3) is 0.111. The highest BCUT2D eigenvalue weighted by Gasteiger charge is 2.10. The molecule has 3 aromatic rings. The van der Waals surface area contributed by atoms with Crippen LogP contribution < -0.4 is 10.6 Å². The van der Waals surface area contributed by atoms with E-state index in [-0.39, 0.29) is 6.54 Å². The number of para-hydroxylation sites is 1. The summed E-state index contributed by atoms with van der Waals surface area (Å²) in [7, 11) is 0. The van der Waals surface area contributed by atoms with Gasteiger partial charge in [0.05, 0.1) is 23.0 Å². The molecule has 0 aliphatic rings. The highest BCUT2D eigenvalue weighted by atomic mass is 32.1. The molecule has 27 heavy (non-hydrogen) atoms. The largest absolute Gasteiger partial charge is 0.467 e. The topological polar surface area (TPSA) is 111 Å². The lowest BCUT2D eigenvalue weighted by molar-refractivity contribution is -0.143. The van der Waals surface area contributed by atoms with Crippen molar-refractivity contribution < 1.29 is 23.5 Å². The molecule has 2 heterocycles. The maximum atomic E-state index is 11.7. The molecule has 1 aromatic carbocycles. The SMILES string of the molecule is O=C(COC(=O)/C=C/c1nc2ccccc2s1)NC(=O)NCc1ccco1. The third kappa shape index (κ3) is 5.51. The second-order valence-corrected chi connectivity index (χ2v) is 6.33. The van der Waals surface area contributed by atoms with Crippen LogP contribution in [-0.4, -0.2) is 29.5 Å². The third-order valence-electron chi connectivity index (χ3n) is 3.27. The molecule has 0 saturated carbocycles. The van der Waals surface area contributed by atoms with E-state index in [1.54, 1.807) is 12.1 Å². The minimum absolute atomic E-state index is 0.136. The van der Waals surface area contributed by atoms with E-state index >= 15 is 0 Å². The monoisotopic (exact) mass is 385 g/mol. The average molecular weight is 385 g/mol. The van der Waals surface area contributed by atoms with Gasteiger partial charge in [0.2, 0.25) is 0 Å². The highest BCUT2D eigenvalue weighted by molar-refractivity contribution is 7.19. The van der Waals surface area contributed by atoms with Crippen LogP contribution in [0.2, 0.25) is 0 Å². The maximum absolute atomic E-state index is 11.7. The van der Waals surface area contributed by atoms with Crippen LogP contribution in [0.25, 0.3) is 16.3 Å². The first kappa shape index (κ1) is 18.3. The molecular weight excluding hydrogens is 370 g/mol. The minimum Gasteiger partial charge on any atom is -0.467 e. The molecule has 0 aliphatic carbocycles. The number of nitrogens with one attached hydrogen (secondary N) is 2. The van der Waals surface area contributed by atoms with Crippen molar-refractivity contribution >= 4 is 45.5 Å². The lowest BCUT2D eigenvalue weighted by Crippen LogP contribution is -2.41. The summed E-state index contributed by atoms with van der Waals surface area (Å²) in [5.41, 5.74) is 0.843. The smallest absolute Gasteiger partial charge is 0.331 e. The number of rotatable bonds is 6. The molecule has 8 nitrogen and oxygen atoms in total. The lowest BCUT2D eigenvalue weighted by atomic mass is 10.3. The van der Waals surface area contributed by atoms with Crippen LogP contribution in [0, 0.1) is 0 Å². The van der Waals surface area contributed by atoms with Gasteiger partial charge in [-0.05, 0) is 30.3 Å². The molecule has 0 spiro atoms. The van der Waals surface area contributed by atoms with Gasteiger partial charge in [0.15, 0.2) is 6.61 Å². The summed E-state index contributed by atoms with van der Waals surface area (Å²) in [5.74, 6) is -0.905. The van der Waals surface area contributed by atoms with Gasteiger partial charge >= 0.3 is 12.0 Å². The summed E-state index contributed by atoms with van der Waals surface area (Å²) < 4.78 is 10.8. The molecule has 0 fully saturated rings. The van der Waals surface area contributed by atoms with Crippen molar-refractivity contribution in [2.45, 2.75) is 6.54 Å². The van der Waals surface area contributed by atoms with Crippen LogP contribution in [0.3, 0.4) is 0 Å². The summed E-state index contributed by atoms with van der Waals surface area (Å²) in [6.07, 6.45) is 4.17. The van der Waals surface area contributed by atoms with Gasteiger partial charge in [-0.2, -0.15) is 0 Å². The number of urea groups is 1. The number of amides is 3. The predicted molar refractivity (Wildman–Crippen MR) is 98.7 cm³/mol. The number of benzene rings is 1. The summed E-state index contributed by atoms with van der Waals surface area (Å²) in [6, 6.07) is 10.3. The Morgan fingerprint density at radius 3 is 2.81 bits per heavy atom. The molecule has 3 rings (SSSR count). The molecule has 0 atom stereocenters. The predicted octanol–water partition coefficient (Wildman–Crippen LogP) is 2.47. The number of thiazole rings is 1. The van der Waals surface area contributed by atoms with Crippen LogP contribution in [0.4, 0.5) is 4.79 Å². The van der Waals surface area contributed by atoms with Gasteiger partial charge < -0.3 is 14.5 Å². The summed E-state index contributed by atoms with van der Waals surface area (Å²) in [6.45, 7) is -0.437. The van der Waals surface area contributed by atoms with E-state index < -0.39 is 24.5 Å². The van der Waals surface area contributed by atoms with Crippen molar-refractivity contribution in [3.05, 3.63) is 59.5 Å². The Hall–Kier alpha value is -3.46. The Morgan fingerprint density at radius 1 is 1.19 bits per heavy atom. The zero-order chi connectivity index (χ0) is 19.1. The van der Waals surface area contributed by atoms with Crippen LogP contribution in [0.15, 0.2) is 53.2 Å². The second kappa shape index (κ2) is 8.77. The number of carbonyl (C=O) groups is 3. The fourth-order valence-electron chi connectivity index (χ4n) is 2.07. The van der Waals surface area contributed by atoms with Crippen molar-refractivity contribution in [2.75, 3.05) is 6.61 Å². The van der Waals surface area contributed by atoms with E-state index in [2.05, 4.69) is 10.3 Å². The molecule has 3 amide bonds. The van der Waals surface area contributed by atoms with Crippen molar-refractivity contribution in [2.24, 2.45) is 0 Å². The van der Waals surface area contributed by atoms with E-state index in [9.17, 15) is 14.4 Å². The number of ether oxygens (including phenoxy) is 1. The number of furan rings is 1. The number of carbonyl (C=O) groups excluding carboxylic acids is 3.